The Balaban J connectivity index is 2.03. The number of rotatable bonds is 11. The van der Waals surface area contributed by atoms with Gasteiger partial charge in [0.2, 0.25) is 0 Å². The van der Waals surface area contributed by atoms with Gasteiger partial charge in [0.1, 0.15) is 0 Å². The van der Waals surface area contributed by atoms with Crippen LogP contribution in [-0.4, -0.2) is 0 Å². The lowest BCUT2D eigenvalue weighted by Crippen LogP contribution is -2.25. The third-order valence-corrected chi connectivity index (χ3v) is 6.87. The molecule has 0 spiro atoms. The average Bonchev–Trinajstić information content (AvgIpc) is 2.99. The molecule has 0 saturated carbocycles. The van der Waals surface area contributed by atoms with Crippen LogP contribution in [0.15, 0.2) is 42.5 Å². The molecule has 0 heteroatoms. The van der Waals surface area contributed by atoms with E-state index in [9.17, 15) is 0 Å². The van der Waals surface area contributed by atoms with Crippen molar-refractivity contribution in [3.8, 4) is 11.1 Å². The number of benzene rings is 2. The first kappa shape index (κ1) is 21.2. The highest BCUT2D eigenvalue weighted by Gasteiger charge is 2.42. The molecule has 3 rings (SSSR count). The molecule has 0 saturated heterocycles. The van der Waals surface area contributed by atoms with Crippen molar-refractivity contribution in [1.29, 1.82) is 0 Å². The Bertz CT molecular complexity index is 740. The largest absolute Gasteiger partial charge is 0.0654 e. The van der Waals surface area contributed by atoms with Crippen molar-refractivity contribution in [2.75, 3.05) is 0 Å². The molecule has 0 nitrogen and oxygen atoms in total. The van der Waals surface area contributed by atoms with E-state index in [1.807, 2.05) is 0 Å². The lowest BCUT2D eigenvalue weighted by molar-refractivity contribution is 0.400. The Morgan fingerprint density at radius 3 is 1.89 bits per heavy atom. The molecule has 0 heterocycles. The summed E-state index contributed by atoms with van der Waals surface area (Å²) < 4.78 is 0. The number of fused-ring (bicyclic) bond motifs is 3. The van der Waals surface area contributed by atoms with Gasteiger partial charge >= 0.3 is 0 Å². The molecule has 0 aliphatic heterocycles. The summed E-state index contributed by atoms with van der Waals surface area (Å²) in [7, 11) is 0. The smallest absolute Gasteiger partial charge is 0.0215 e. The van der Waals surface area contributed by atoms with Crippen molar-refractivity contribution < 1.29 is 0 Å². The topological polar surface area (TPSA) is 0 Å². The highest BCUT2D eigenvalue weighted by atomic mass is 14.4. The van der Waals surface area contributed by atoms with Crippen LogP contribution >= 0.6 is 0 Å². The maximum atomic E-state index is 2.57. The van der Waals surface area contributed by atoms with Crippen LogP contribution in [0.3, 0.4) is 0 Å². The minimum absolute atomic E-state index is 0.234. The van der Waals surface area contributed by atoms with Crippen molar-refractivity contribution >= 4 is 0 Å². The van der Waals surface area contributed by atoms with Gasteiger partial charge in [-0.2, -0.15) is 0 Å². The lowest BCUT2D eigenvalue weighted by Gasteiger charge is -2.33. The number of unbranched alkanes of at least 4 members (excludes halogenated alkanes) is 6. The summed E-state index contributed by atoms with van der Waals surface area (Å²) in [5.41, 5.74) is 7.98. The van der Waals surface area contributed by atoms with Crippen LogP contribution in [0.1, 0.15) is 115 Å². The second-order valence-electron chi connectivity index (χ2n) is 9.21. The second kappa shape index (κ2) is 9.77. The van der Waals surface area contributed by atoms with Gasteiger partial charge in [0.15, 0.2) is 0 Å². The van der Waals surface area contributed by atoms with Gasteiger partial charge in [-0.1, -0.05) is 122 Å². The van der Waals surface area contributed by atoms with Crippen LogP contribution in [0, 0.1) is 0 Å². The normalized spacial score (nSPS) is 14.3. The Morgan fingerprint density at radius 1 is 0.679 bits per heavy atom. The van der Waals surface area contributed by atoms with Crippen molar-refractivity contribution in [3.05, 3.63) is 59.2 Å². The maximum Gasteiger partial charge on any atom is 0.0215 e. The van der Waals surface area contributed by atoms with E-state index in [1.165, 1.54) is 80.9 Å². The molecular formula is C28H40. The van der Waals surface area contributed by atoms with Gasteiger partial charge in [-0.25, -0.2) is 0 Å². The van der Waals surface area contributed by atoms with Gasteiger partial charge in [-0.15, -0.1) is 0 Å². The first-order chi connectivity index (χ1) is 13.6. The van der Waals surface area contributed by atoms with E-state index in [4.69, 9.17) is 0 Å². The van der Waals surface area contributed by atoms with Gasteiger partial charge < -0.3 is 0 Å². The van der Waals surface area contributed by atoms with Gasteiger partial charge in [-0.3, -0.25) is 0 Å². The van der Waals surface area contributed by atoms with Crippen LogP contribution in [0.4, 0.5) is 0 Å². The molecule has 2 aromatic carbocycles. The summed E-state index contributed by atoms with van der Waals surface area (Å²) in [5.74, 6) is 0.590. The van der Waals surface area contributed by atoms with Gasteiger partial charge in [0.25, 0.3) is 0 Å². The number of hydrogen-bond donors (Lipinski definition) is 0. The number of hydrogen-bond acceptors (Lipinski definition) is 0. The Labute approximate surface area is 173 Å². The SMILES string of the molecule is CCCCCCC1(CCCCCC)c2ccccc2-c2ccc(C(C)C)cc21. The minimum Gasteiger partial charge on any atom is -0.0654 e. The van der Waals surface area contributed by atoms with Gasteiger partial charge in [0.05, 0.1) is 0 Å². The molecule has 0 aromatic heterocycles. The van der Waals surface area contributed by atoms with E-state index in [2.05, 4.69) is 70.2 Å². The highest BCUT2D eigenvalue weighted by molar-refractivity contribution is 5.81. The third-order valence-electron chi connectivity index (χ3n) is 6.87. The fourth-order valence-electron chi connectivity index (χ4n) is 5.20. The van der Waals surface area contributed by atoms with Crippen molar-refractivity contribution in [3.63, 3.8) is 0 Å². The van der Waals surface area contributed by atoms with Crippen LogP contribution in [0.25, 0.3) is 11.1 Å². The summed E-state index contributed by atoms with van der Waals surface area (Å²) in [4.78, 5) is 0. The molecule has 2 aromatic rings. The first-order valence-electron chi connectivity index (χ1n) is 11.9. The first-order valence-corrected chi connectivity index (χ1v) is 11.9. The average molecular weight is 377 g/mol. The molecule has 1 aliphatic carbocycles. The molecule has 0 bridgehead atoms. The minimum atomic E-state index is 0.234. The molecule has 152 valence electrons. The molecule has 0 atom stereocenters. The lowest BCUT2D eigenvalue weighted by atomic mass is 9.70. The van der Waals surface area contributed by atoms with Crippen LogP contribution in [-0.2, 0) is 5.41 Å². The molecule has 0 amide bonds. The maximum absolute atomic E-state index is 2.57. The predicted octanol–water partition coefficient (Wildman–Crippen LogP) is 9.02. The predicted molar refractivity (Wildman–Crippen MR) is 124 cm³/mol. The molecule has 0 N–H and O–H groups in total. The summed E-state index contributed by atoms with van der Waals surface area (Å²) in [6.45, 7) is 9.28. The molecule has 28 heavy (non-hydrogen) atoms. The molecule has 0 fully saturated rings. The van der Waals surface area contributed by atoms with Crippen molar-refractivity contribution in [2.45, 2.75) is 103 Å². The Morgan fingerprint density at radius 2 is 1.29 bits per heavy atom. The summed E-state index contributed by atoms with van der Waals surface area (Å²) >= 11 is 0. The third kappa shape index (κ3) is 4.22. The zero-order chi connectivity index (χ0) is 20.0. The summed E-state index contributed by atoms with van der Waals surface area (Å²) in [6, 6.07) is 16.6. The Hall–Kier alpha value is -1.56. The highest BCUT2D eigenvalue weighted by Crippen LogP contribution is 2.54. The fourth-order valence-corrected chi connectivity index (χ4v) is 5.20. The van der Waals surface area contributed by atoms with E-state index < -0.39 is 0 Å². The Kier molecular flexibility index (Phi) is 7.38. The van der Waals surface area contributed by atoms with Crippen molar-refractivity contribution in [1.82, 2.24) is 0 Å². The van der Waals surface area contributed by atoms with Crippen LogP contribution in [0.5, 0.6) is 0 Å². The van der Waals surface area contributed by atoms with Gasteiger partial charge in [0, 0.05) is 5.41 Å². The zero-order valence-corrected chi connectivity index (χ0v) is 18.7. The second-order valence-corrected chi connectivity index (χ2v) is 9.21. The fraction of sp³-hybridized carbons (Fsp3) is 0.571. The van der Waals surface area contributed by atoms with E-state index >= 15 is 0 Å². The molecule has 1 aliphatic rings. The van der Waals surface area contributed by atoms with E-state index in [0.717, 1.165) is 0 Å². The van der Waals surface area contributed by atoms with Crippen molar-refractivity contribution in [2.24, 2.45) is 0 Å². The van der Waals surface area contributed by atoms with E-state index in [-0.39, 0.29) is 5.41 Å². The molecular weight excluding hydrogens is 336 g/mol. The zero-order valence-electron chi connectivity index (χ0n) is 18.7. The molecule has 0 unspecified atom stereocenters. The quantitative estimate of drug-likeness (QED) is 0.343. The van der Waals surface area contributed by atoms with Crippen LogP contribution in [0.2, 0.25) is 0 Å². The molecule has 0 radical (unpaired) electrons. The van der Waals surface area contributed by atoms with E-state index in [1.54, 1.807) is 11.1 Å². The summed E-state index contributed by atoms with van der Waals surface area (Å²) in [5, 5.41) is 0. The van der Waals surface area contributed by atoms with Crippen LogP contribution < -0.4 is 0 Å². The van der Waals surface area contributed by atoms with Gasteiger partial charge in [-0.05, 0) is 46.6 Å². The monoisotopic (exact) mass is 376 g/mol. The standard InChI is InChI=1S/C28H40/c1-5-7-9-13-19-28(20-14-10-8-6-2)26-16-12-11-15-24(26)25-18-17-23(22(3)4)21-27(25)28/h11-12,15-18,21-22H,5-10,13-14,19-20H2,1-4H3. The summed E-state index contributed by atoms with van der Waals surface area (Å²) in [6.07, 6.45) is 13.4. The van der Waals surface area contributed by atoms with E-state index in [0.29, 0.717) is 5.92 Å².